The van der Waals surface area contributed by atoms with Crippen LogP contribution in [0.1, 0.15) is 48.8 Å². The monoisotopic (exact) mass is 460 g/mol. The van der Waals surface area contributed by atoms with Crippen molar-refractivity contribution in [1.82, 2.24) is 14.9 Å². The van der Waals surface area contributed by atoms with Gasteiger partial charge in [-0.05, 0) is 54.9 Å². The van der Waals surface area contributed by atoms with Gasteiger partial charge in [0.05, 0.1) is 17.5 Å². The van der Waals surface area contributed by atoms with Crippen LogP contribution in [-0.4, -0.2) is 65.8 Å². The average molecular weight is 461 g/mol. The first-order valence-electron chi connectivity index (χ1n) is 11.4. The number of nitrogens with zero attached hydrogens (tertiary/aromatic N) is 4. The minimum atomic E-state index is -3.00. The molecule has 2 unspecified atom stereocenters. The molecule has 1 saturated carbocycles. The number of rotatable bonds is 5. The zero-order valence-electron chi connectivity index (χ0n) is 18.0. The van der Waals surface area contributed by atoms with Crippen LogP contribution in [0.4, 0.5) is 10.3 Å². The summed E-state index contributed by atoms with van der Waals surface area (Å²) in [5.74, 6) is 1.11. The second kappa shape index (κ2) is 8.68. The molecule has 2 atom stereocenters. The fourth-order valence-corrected chi connectivity index (χ4v) is 6.40. The number of benzene rings is 1. The Morgan fingerprint density at radius 3 is 2.25 bits per heavy atom. The maximum absolute atomic E-state index is 13.6. The number of sulfone groups is 1. The van der Waals surface area contributed by atoms with Gasteiger partial charge in [-0.25, -0.2) is 22.8 Å². The van der Waals surface area contributed by atoms with E-state index in [2.05, 4.69) is 14.9 Å². The van der Waals surface area contributed by atoms with Crippen LogP contribution in [-0.2, 0) is 9.84 Å². The summed E-state index contributed by atoms with van der Waals surface area (Å²) >= 11 is 0. The van der Waals surface area contributed by atoms with E-state index in [0.717, 1.165) is 5.56 Å². The maximum Gasteiger partial charge on any atom is 0.225 e. The smallest absolute Gasteiger partial charge is 0.225 e. The first kappa shape index (κ1) is 21.7. The fraction of sp³-hybridized carbons (Fsp3) is 0.565. The van der Waals surface area contributed by atoms with Crippen molar-refractivity contribution in [1.29, 1.82) is 0 Å². The zero-order chi connectivity index (χ0) is 22.3. The minimum absolute atomic E-state index is 0.0953. The van der Waals surface area contributed by atoms with Crippen molar-refractivity contribution >= 4 is 15.8 Å². The highest BCUT2D eigenvalue weighted by Gasteiger charge is 2.38. The van der Waals surface area contributed by atoms with Gasteiger partial charge in [0.15, 0.2) is 0 Å². The van der Waals surface area contributed by atoms with Gasteiger partial charge >= 0.3 is 0 Å². The minimum Gasteiger partial charge on any atom is -0.378 e. The van der Waals surface area contributed by atoms with Gasteiger partial charge in [-0.2, -0.15) is 0 Å². The molecule has 0 amide bonds. The lowest BCUT2D eigenvalue weighted by Crippen LogP contribution is -2.55. The van der Waals surface area contributed by atoms with Crippen LogP contribution in [0.5, 0.6) is 0 Å². The largest absolute Gasteiger partial charge is 0.378 e. The number of aliphatic hydroxyl groups is 1. The number of piperazine rings is 1. The van der Waals surface area contributed by atoms with E-state index in [1.54, 1.807) is 12.1 Å². The molecule has 3 fully saturated rings. The normalized spacial score (nSPS) is 25.6. The van der Waals surface area contributed by atoms with Gasteiger partial charge in [-0.15, -0.1) is 0 Å². The molecule has 1 aromatic heterocycles. The number of halogens is 1. The molecular weight excluding hydrogens is 431 g/mol. The number of hydrogen-bond acceptors (Lipinski definition) is 7. The predicted octanol–water partition coefficient (Wildman–Crippen LogP) is 2.50. The summed E-state index contributed by atoms with van der Waals surface area (Å²) in [6.45, 7) is 1.80. The van der Waals surface area contributed by atoms with Gasteiger partial charge in [0.1, 0.15) is 21.9 Å². The molecule has 172 valence electrons. The van der Waals surface area contributed by atoms with Gasteiger partial charge in [-0.1, -0.05) is 12.1 Å². The van der Waals surface area contributed by atoms with Crippen LogP contribution in [0.2, 0.25) is 0 Å². The lowest BCUT2D eigenvalue weighted by atomic mass is 9.95. The molecule has 7 nitrogen and oxygen atoms in total. The van der Waals surface area contributed by atoms with Gasteiger partial charge in [-0.3, -0.25) is 4.90 Å². The van der Waals surface area contributed by atoms with Crippen LogP contribution in [0.15, 0.2) is 36.7 Å². The molecule has 2 saturated heterocycles. The molecular formula is C23H29FN4O3S. The van der Waals surface area contributed by atoms with Gasteiger partial charge in [0, 0.05) is 37.9 Å². The van der Waals surface area contributed by atoms with Crippen molar-refractivity contribution in [3.05, 3.63) is 53.6 Å². The van der Waals surface area contributed by atoms with Crippen molar-refractivity contribution in [2.75, 3.05) is 36.0 Å². The molecule has 0 spiro atoms. The third-order valence-corrected chi connectivity index (χ3v) is 8.74. The van der Waals surface area contributed by atoms with E-state index in [1.807, 2.05) is 17.3 Å². The third-order valence-electron chi connectivity index (χ3n) is 7.03. The van der Waals surface area contributed by atoms with Gasteiger partial charge in [0.25, 0.3) is 0 Å². The van der Waals surface area contributed by atoms with E-state index < -0.39 is 16.1 Å². The van der Waals surface area contributed by atoms with Crippen LogP contribution < -0.4 is 4.90 Å². The van der Waals surface area contributed by atoms with Crippen LogP contribution in [0.25, 0.3) is 0 Å². The number of aromatic nitrogens is 2. The van der Waals surface area contributed by atoms with Gasteiger partial charge in [0.2, 0.25) is 5.95 Å². The molecule has 2 aromatic rings. The summed E-state index contributed by atoms with van der Waals surface area (Å²) in [6, 6.07) is 6.21. The Morgan fingerprint density at radius 1 is 0.969 bits per heavy atom. The van der Waals surface area contributed by atoms with Crippen molar-refractivity contribution in [3.8, 4) is 0 Å². The Labute approximate surface area is 188 Å². The zero-order valence-corrected chi connectivity index (χ0v) is 18.8. The second-order valence-corrected chi connectivity index (χ2v) is 11.5. The molecule has 3 heterocycles. The van der Waals surface area contributed by atoms with E-state index in [1.165, 1.54) is 30.5 Å². The molecule has 1 N–H and O–H groups in total. The van der Waals surface area contributed by atoms with Crippen LogP contribution >= 0.6 is 0 Å². The van der Waals surface area contributed by atoms with Crippen LogP contribution in [0, 0.1) is 11.7 Å². The highest BCUT2D eigenvalue weighted by atomic mass is 32.2. The Kier molecular flexibility index (Phi) is 5.90. The van der Waals surface area contributed by atoms with Crippen molar-refractivity contribution < 1.29 is 17.9 Å². The molecule has 2 aliphatic heterocycles. The summed E-state index contributed by atoms with van der Waals surface area (Å²) in [6.07, 6.45) is 6.41. The van der Waals surface area contributed by atoms with Crippen molar-refractivity contribution in [2.45, 2.75) is 43.9 Å². The molecule has 3 aliphatic rings. The lowest BCUT2D eigenvalue weighted by Gasteiger charge is -2.46. The van der Waals surface area contributed by atoms with Crippen LogP contribution in [0.3, 0.4) is 0 Å². The second-order valence-electron chi connectivity index (χ2n) is 9.24. The SMILES string of the molecule is O=S1(=O)CCC(C(O)N2CCN(c3ncc(C4CC4)cn3)CC2c2ccc(F)cc2)CC1. The predicted molar refractivity (Wildman–Crippen MR) is 119 cm³/mol. The highest BCUT2D eigenvalue weighted by molar-refractivity contribution is 7.91. The Hall–Kier alpha value is -2.10. The summed E-state index contributed by atoms with van der Waals surface area (Å²) in [4.78, 5) is 13.3. The summed E-state index contributed by atoms with van der Waals surface area (Å²) in [5, 5.41) is 11.2. The Morgan fingerprint density at radius 2 is 1.62 bits per heavy atom. The van der Waals surface area contributed by atoms with E-state index in [-0.39, 0.29) is 29.3 Å². The van der Waals surface area contributed by atoms with E-state index in [9.17, 15) is 17.9 Å². The molecule has 32 heavy (non-hydrogen) atoms. The molecule has 0 radical (unpaired) electrons. The summed E-state index contributed by atoms with van der Waals surface area (Å²) in [5.41, 5.74) is 2.10. The molecule has 0 bridgehead atoms. The summed E-state index contributed by atoms with van der Waals surface area (Å²) < 4.78 is 37.2. The standard InChI is InChI=1S/C23H29FN4O3S/c24-20-5-3-17(4-6-20)21-15-27(23-25-13-19(14-26-23)16-1-2-16)9-10-28(21)22(29)18-7-11-32(30,31)12-8-18/h3-6,13-14,16,18,21-22,29H,1-2,7-12,15H2. The summed E-state index contributed by atoms with van der Waals surface area (Å²) in [7, 11) is -3.00. The number of anilines is 1. The fourth-order valence-electron chi connectivity index (χ4n) is 4.88. The van der Waals surface area contributed by atoms with E-state index in [4.69, 9.17) is 0 Å². The number of hydrogen-bond donors (Lipinski definition) is 1. The number of aliphatic hydroxyl groups excluding tert-OH is 1. The Balaban J connectivity index is 1.36. The Bertz CT molecular complexity index is 1030. The molecule has 9 heteroatoms. The van der Waals surface area contributed by atoms with Crippen molar-refractivity contribution in [3.63, 3.8) is 0 Å². The lowest BCUT2D eigenvalue weighted by molar-refractivity contribution is -0.0714. The third kappa shape index (κ3) is 4.65. The molecule has 1 aromatic carbocycles. The maximum atomic E-state index is 13.6. The van der Waals surface area contributed by atoms with E-state index in [0.29, 0.717) is 44.3 Å². The molecule has 1 aliphatic carbocycles. The van der Waals surface area contributed by atoms with Crippen molar-refractivity contribution in [2.24, 2.45) is 5.92 Å². The quantitative estimate of drug-likeness (QED) is 0.734. The average Bonchev–Trinajstić information content (AvgIpc) is 3.65. The topological polar surface area (TPSA) is 86.6 Å². The first-order valence-corrected chi connectivity index (χ1v) is 13.2. The van der Waals surface area contributed by atoms with E-state index >= 15 is 0 Å². The van der Waals surface area contributed by atoms with Gasteiger partial charge < -0.3 is 10.0 Å². The first-order chi connectivity index (χ1) is 15.4. The molecule has 5 rings (SSSR count). The highest BCUT2D eigenvalue weighted by Crippen LogP contribution is 2.39.